The second-order valence-electron chi connectivity index (χ2n) is 8.44. The van der Waals surface area contributed by atoms with Crippen molar-refractivity contribution in [2.24, 2.45) is 11.1 Å². The van der Waals surface area contributed by atoms with E-state index in [1.54, 1.807) is 0 Å². The molecule has 0 atom stereocenters. The second-order valence-corrected chi connectivity index (χ2v) is 9.31. The van der Waals surface area contributed by atoms with Crippen LogP contribution in [-0.4, -0.2) is 22.6 Å². The molecule has 4 rings (SSSR count). The third kappa shape index (κ3) is 5.89. The molecule has 7 nitrogen and oxygen atoms in total. The van der Waals surface area contributed by atoms with E-state index >= 15 is 0 Å². The van der Waals surface area contributed by atoms with E-state index in [0.717, 1.165) is 60.4 Å². The van der Waals surface area contributed by atoms with Crippen LogP contribution < -0.4 is 15.8 Å². The number of nitrogens with two attached hydrogens (primary N) is 1. The number of amides is 1. The highest BCUT2D eigenvalue weighted by atomic mass is 32.2. The molecular weight excluding hydrogens is 422 g/mol. The highest BCUT2D eigenvalue weighted by Gasteiger charge is 2.44. The van der Waals surface area contributed by atoms with Crippen molar-refractivity contribution in [3.63, 3.8) is 0 Å². The number of hydrogen-bond acceptors (Lipinski definition) is 7. The predicted octanol–water partition coefficient (Wildman–Crippen LogP) is 5.27. The fourth-order valence-corrected chi connectivity index (χ4v) is 3.91. The van der Waals surface area contributed by atoms with Gasteiger partial charge in [-0.15, -0.1) is 0 Å². The smallest absolute Gasteiger partial charge is 0.230 e. The molecule has 1 amide bonds. The predicted molar refractivity (Wildman–Crippen MR) is 128 cm³/mol. The molecule has 0 radical (unpaired) electrons. The number of rotatable bonds is 11. The largest absolute Gasteiger partial charge is 0.339 e. The fraction of sp³-hybridized carbons (Fsp3) is 0.375. The maximum absolute atomic E-state index is 12.2. The zero-order valence-electron chi connectivity index (χ0n) is 18.3. The van der Waals surface area contributed by atoms with Gasteiger partial charge >= 0.3 is 0 Å². The first-order valence-corrected chi connectivity index (χ1v) is 11.8. The number of carbonyl (C=O) groups is 1. The van der Waals surface area contributed by atoms with Gasteiger partial charge in [0.1, 0.15) is 0 Å². The Bertz CT molecular complexity index is 1050. The summed E-state index contributed by atoms with van der Waals surface area (Å²) in [5.41, 5.74) is 8.04. The first-order chi connectivity index (χ1) is 15.6. The van der Waals surface area contributed by atoms with Gasteiger partial charge in [0.15, 0.2) is 0 Å². The van der Waals surface area contributed by atoms with Gasteiger partial charge in [0.2, 0.25) is 17.6 Å². The topological polar surface area (TPSA) is 106 Å². The van der Waals surface area contributed by atoms with Crippen molar-refractivity contribution in [2.75, 3.05) is 16.6 Å². The highest BCUT2D eigenvalue weighted by Crippen LogP contribution is 2.45. The lowest BCUT2D eigenvalue weighted by Gasteiger charge is -2.11. The van der Waals surface area contributed by atoms with Gasteiger partial charge in [-0.3, -0.25) is 4.79 Å². The van der Waals surface area contributed by atoms with Crippen molar-refractivity contribution in [1.29, 1.82) is 0 Å². The van der Waals surface area contributed by atoms with Crippen LogP contribution in [0.4, 0.5) is 11.4 Å². The van der Waals surface area contributed by atoms with Crippen LogP contribution in [0.2, 0.25) is 0 Å². The van der Waals surface area contributed by atoms with Gasteiger partial charge in [-0.25, -0.2) is 0 Å². The van der Waals surface area contributed by atoms with Crippen molar-refractivity contribution < 1.29 is 9.32 Å². The minimum Gasteiger partial charge on any atom is -0.339 e. The van der Waals surface area contributed by atoms with E-state index < -0.39 is 0 Å². The molecule has 0 saturated heterocycles. The molecule has 4 N–H and O–H groups in total. The molecule has 0 bridgehead atoms. The van der Waals surface area contributed by atoms with Gasteiger partial charge in [-0.1, -0.05) is 30.6 Å². The van der Waals surface area contributed by atoms with Crippen LogP contribution in [-0.2, 0) is 11.2 Å². The van der Waals surface area contributed by atoms with Crippen LogP contribution in [0.5, 0.6) is 0 Å². The average Bonchev–Trinajstić information content (AvgIpc) is 3.39. The van der Waals surface area contributed by atoms with Crippen LogP contribution in [0.15, 0.2) is 57.9 Å². The standard InChI is InChI=1S/C24H29N5O2S/c1-24(13-14-24)23(30)26-18-9-11-19(12-10-18)29-32-20-7-5-6-17(16-20)22-27-21(31-28-22)8-3-2-4-15-25/h5-7,9-12,16,29H,2-4,8,13-15,25H2,1H3,(H,26,30). The summed E-state index contributed by atoms with van der Waals surface area (Å²) in [5.74, 6) is 1.37. The molecule has 1 aliphatic rings. The van der Waals surface area contributed by atoms with E-state index in [2.05, 4.69) is 20.2 Å². The Morgan fingerprint density at radius 2 is 1.91 bits per heavy atom. The molecule has 0 aliphatic heterocycles. The Balaban J connectivity index is 1.30. The van der Waals surface area contributed by atoms with E-state index in [9.17, 15) is 4.79 Å². The molecule has 32 heavy (non-hydrogen) atoms. The molecule has 1 heterocycles. The normalized spacial score (nSPS) is 14.2. The number of aromatic nitrogens is 2. The van der Waals surface area contributed by atoms with Gasteiger partial charge < -0.3 is 20.3 Å². The summed E-state index contributed by atoms with van der Waals surface area (Å²) in [5, 5.41) is 7.11. The summed E-state index contributed by atoms with van der Waals surface area (Å²) < 4.78 is 8.72. The van der Waals surface area contributed by atoms with Crippen molar-refractivity contribution >= 4 is 29.2 Å². The third-order valence-corrected chi connectivity index (χ3v) is 6.46. The molecule has 1 aromatic heterocycles. The highest BCUT2D eigenvalue weighted by molar-refractivity contribution is 8.00. The molecular formula is C24H29N5O2S. The lowest BCUT2D eigenvalue weighted by Crippen LogP contribution is -2.21. The fourth-order valence-electron chi connectivity index (χ4n) is 3.21. The number of anilines is 2. The van der Waals surface area contributed by atoms with Crippen LogP contribution in [0.1, 0.15) is 44.9 Å². The second kappa shape index (κ2) is 10.2. The Morgan fingerprint density at radius 3 is 2.66 bits per heavy atom. The molecule has 8 heteroatoms. The first-order valence-electron chi connectivity index (χ1n) is 11.0. The Labute approximate surface area is 192 Å². The van der Waals surface area contributed by atoms with Crippen molar-refractivity contribution in [3.8, 4) is 11.4 Å². The van der Waals surface area contributed by atoms with Crippen molar-refractivity contribution in [1.82, 2.24) is 10.1 Å². The van der Waals surface area contributed by atoms with E-state index in [1.807, 2.05) is 55.5 Å². The number of unbranched alkanes of at least 4 members (excludes halogenated alkanes) is 2. The lowest BCUT2D eigenvalue weighted by molar-refractivity contribution is -0.120. The minimum atomic E-state index is -0.179. The van der Waals surface area contributed by atoms with E-state index in [1.165, 1.54) is 11.9 Å². The van der Waals surface area contributed by atoms with E-state index in [-0.39, 0.29) is 11.3 Å². The summed E-state index contributed by atoms with van der Waals surface area (Å²) in [7, 11) is 0. The molecule has 0 unspecified atom stereocenters. The molecule has 2 aromatic carbocycles. The third-order valence-electron chi connectivity index (χ3n) is 5.63. The average molecular weight is 452 g/mol. The van der Waals surface area contributed by atoms with Gasteiger partial charge in [0.05, 0.1) is 0 Å². The number of aryl methyl sites for hydroxylation is 1. The number of nitrogens with one attached hydrogen (secondary N) is 2. The Morgan fingerprint density at radius 1 is 1.12 bits per heavy atom. The van der Waals surface area contributed by atoms with Crippen LogP contribution in [0.3, 0.4) is 0 Å². The van der Waals surface area contributed by atoms with Crippen LogP contribution in [0, 0.1) is 5.41 Å². The molecule has 1 aliphatic carbocycles. The minimum absolute atomic E-state index is 0.101. The maximum Gasteiger partial charge on any atom is 0.230 e. The quantitative estimate of drug-likeness (QED) is 0.269. The van der Waals surface area contributed by atoms with Gasteiger partial charge in [-0.05, 0) is 80.6 Å². The molecule has 0 spiro atoms. The Hall–Kier alpha value is -2.84. The van der Waals surface area contributed by atoms with Gasteiger partial charge in [0.25, 0.3) is 0 Å². The van der Waals surface area contributed by atoms with Crippen LogP contribution in [0.25, 0.3) is 11.4 Å². The number of hydrogen-bond donors (Lipinski definition) is 3. The zero-order valence-corrected chi connectivity index (χ0v) is 19.1. The van der Waals surface area contributed by atoms with Gasteiger partial charge in [-0.2, -0.15) is 4.98 Å². The SMILES string of the molecule is CC1(C(=O)Nc2ccc(NSc3cccc(-c4noc(CCCCCN)n4)c3)cc2)CC1. The number of nitrogens with zero attached hydrogens (tertiary/aromatic N) is 2. The van der Waals surface area contributed by atoms with Gasteiger partial charge in [0, 0.05) is 33.7 Å². The number of carbonyl (C=O) groups excluding carboxylic acids is 1. The van der Waals surface area contributed by atoms with Crippen molar-refractivity contribution in [3.05, 3.63) is 54.4 Å². The lowest BCUT2D eigenvalue weighted by atomic mass is 10.1. The monoisotopic (exact) mass is 451 g/mol. The molecule has 3 aromatic rings. The summed E-state index contributed by atoms with van der Waals surface area (Å²) in [6.07, 6.45) is 5.80. The Kier molecular flexibility index (Phi) is 7.12. The summed E-state index contributed by atoms with van der Waals surface area (Å²) >= 11 is 1.51. The molecule has 1 saturated carbocycles. The first kappa shape index (κ1) is 22.4. The summed E-state index contributed by atoms with van der Waals surface area (Å²) in [4.78, 5) is 17.7. The van der Waals surface area contributed by atoms with Crippen LogP contribution >= 0.6 is 11.9 Å². The molecule has 168 valence electrons. The number of benzene rings is 2. The maximum atomic E-state index is 12.2. The summed E-state index contributed by atoms with van der Waals surface area (Å²) in [6.45, 7) is 2.72. The zero-order chi connectivity index (χ0) is 22.4. The van der Waals surface area contributed by atoms with Crippen molar-refractivity contribution in [2.45, 2.75) is 50.3 Å². The summed E-state index contributed by atoms with van der Waals surface area (Å²) in [6, 6.07) is 15.8. The molecule has 1 fully saturated rings. The van der Waals surface area contributed by atoms with E-state index in [0.29, 0.717) is 18.3 Å². The van der Waals surface area contributed by atoms with E-state index in [4.69, 9.17) is 10.3 Å².